The lowest BCUT2D eigenvalue weighted by Gasteiger charge is -2.09. The first-order valence-corrected chi connectivity index (χ1v) is 6.11. The molecular weight excluding hydrogens is 264 g/mol. The van der Waals surface area contributed by atoms with Gasteiger partial charge in [0.15, 0.2) is 0 Å². The third kappa shape index (κ3) is 3.45. The van der Waals surface area contributed by atoms with Gasteiger partial charge in [0.1, 0.15) is 16.6 Å². The zero-order valence-corrected chi connectivity index (χ0v) is 11.1. The number of nitrogens with one attached hydrogen (secondary N) is 1. The van der Waals surface area contributed by atoms with Crippen LogP contribution in [0.25, 0.3) is 0 Å². The molecule has 1 N–H and O–H groups in total. The number of carbonyl (C=O) groups is 1. The van der Waals surface area contributed by atoms with Gasteiger partial charge in [0.2, 0.25) is 0 Å². The number of hydrogen-bond donors (Lipinski definition) is 1. The molecule has 0 saturated carbocycles. The van der Waals surface area contributed by atoms with Crippen LogP contribution >= 0.6 is 11.6 Å². The van der Waals surface area contributed by atoms with Gasteiger partial charge in [-0.1, -0.05) is 35.9 Å². The SMILES string of the molecule is COc1ccccc1CNC(=O)c1cccc(Cl)n1. The molecule has 0 spiro atoms. The van der Waals surface area contributed by atoms with Gasteiger partial charge in [-0.3, -0.25) is 4.79 Å². The predicted molar refractivity (Wildman–Crippen MR) is 73.4 cm³/mol. The highest BCUT2D eigenvalue weighted by Crippen LogP contribution is 2.16. The first kappa shape index (κ1) is 13.4. The number of rotatable bonds is 4. The van der Waals surface area contributed by atoms with E-state index in [0.717, 1.165) is 11.3 Å². The molecule has 0 radical (unpaired) electrons. The number of carbonyl (C=O) groups excluding carboxylic acids is 1. The van der Waals surface area contributed by atoms with E-state index < -0.39 is 0 Å². The minimum atomic E-state index is -0.270. The van der Waals surface area contributed by atoms with Gasteiger partial charge >= 0.3 is 0 Å². The number of nitrogens with zero attached hydrogens (tertiary/aromatic N) is 1. The van der Waals surface area contributed by atoms with Crippen LogP contribution in [0.4, 0.5) is 0 Å². The zero-order chi connectivity index (χ0) is 13.7. The van der Waals surface area contributed by atoms with Crippen LogP contribution in [-0.2, 0) is 6.54 Å². The first-order chi connectivity index (χ1) is 9.20. The van der Waals surface area contributed by atoms with E-state index in [9.17, 15) is 4.79 Å². The van der Waals surface area contributed by atoms with Gasteiger partial charge in [0.25, 0.3) is 5.91 Å². The summed E-state index contributed by atoms with van der Waals surface area (Å²) >= 11 is 5.74. The summed E-state index contributed by atoms with van der Waals surface area (Å²) in [5, 5.41) is 3.07. The van der Waals surface area contributed by atoms with Crippen LogP contribution in [-0.4, -0.2) is 18.0 Å². The Hall–Kier alpha value is -2.07. The highest BCUT2D eigenvalue weighted by molar-refractivity contribution is 6.29. The smallest absolute Gasteiger partial charge is 0.270 e. The molecule has 1 heterocycles. The van der Waals surface area contributed by atoms with Crippen LogP contribution in [0.2, 0.25) is 5.15 Å². The number of halogens is 1. The van der Waals surface area contributed by atoms with E-state index in [-0.39, 0.29) is 5.91 Å². The quantitative estimate of drug-likeness (QED) is 0.874. The van der Waals surface area contributed by atoms with E-state index in [2.05, 4.69) is 10.3 Å². The van der Waals surface area contributed by atoms with Gasteiger partial charge in [-0.15, -0.1) is 0 Å². The van der Waals surface area contributed by atoms with Crippen molar-refractivity contribution in [2.24, 2.45) is 0 Å². The van der Waals surface area contributed by atoms with Gasteiger partial charge in [-0.25, -0.2) is 4.98 Å². The van der Waals surface area contributed by atoms with Crippen LogP contribution in [0.3, 0.4) is 0 Å². The molecule has 0 fully saturated rings. The second-order valence-corrected chi connectivity index (χ2v) is 4.23. The Bertz CT molecular complexity index is 587. The number of methoxy groups -OCH3 is 1. The van der Waals surface area contributed by atoms with E-state index in [1.807, 2.05) is 24.3 Å². The van der Waals surface area contributed by atoms with Crippen molar-refractivity contribution in [2.45, 2.75) is 6.54 Å². The molecule has 19 heavy (non-hydrogen) atoms. The third-order valence-electron chi connectivity index (χ3n) is 2.58. The normalized spacial score (nSPS) is 10.0. The van der Waals surface area contributed by atoms with E-state index in [1.165, 1.54) is 0 Å². The van der Waals surface area contributed by atoms with Crippen LogP contribution < -0.4 is 10.1 Å². The van der Waals surface area contributed by atoms with Crippen molar-refractivity contribution >= 4 is 17.5 Å². The number of benzene rings is 1. The largest absolute Gasteiger partial charge is 0.496 e. The monoisotopic (exact) mass is 276 g/mol. The Labute approximate surface area is 116 Å². The molecule has 1 amide bonds. The van der Waals surface area contributed by atoms with Crippen molar-refractivity contribution in [3.63, 3.8) is 0 Å². The molecule has 0 atom stereocenters. The molecule has 2 aromatic rings. The molecule has 0 aliphatic heterocycles. The Morgan fingerprint density at radius 3 is 2.79 bits per heavy atom. The minimum Gasteiger partial charge on any atom is -0.496 e. The van der Waals surface area contributed by atoms with Crippen molar-refractivity contribution in [1.82, 2.24) is 10.3 Å². The molecule has 0 saturated heterocycles. The fraction of sp³-hybridized carbons (Fsp3) is 0.143. The molecule has 2 rings (SSSR count). The van der Waals surface area contributed by atoms with Gasteiger partial charge in [-0.05, 0) is 18.2 Å². The topological polar surface area (TPSA) is 51.2 Å². The maximum atomic E-state index is 11.9. The molecule has 4 nitrogen and oxygen atoms in total. The molecule has 1 aromatic carbocycles. The summed E-state index contributed by atoms with van der Waals surface area (Å²) in [6, 6.07) is 12.4. The summed E-state index contributed by atoms with van der Waals surface area (Å²) in [4.78, 5) is 15.8. The van der Waals surface area contributed by atoms with Gasteiger partial charge in [0.05, 0.1) is 7.11 Å². The number of hydrogen-bond acceptors (Lipinski definition) is 3. The number of amides is 1. The lowest BCUT2D eigenvalue weighted by atomic mass is 10.2. The van der Waals surface area contributed by atoms with E-state index in [0.29, 0.717) is 17.4 Å². The molecule has 0 aliphatic carbocycles. The van der Waals surface area contributed by atoms with Crippen molar-refractivity contribution in [3.05, 3.63) is 58.9 Å². The summed E-state index contributed by atoms with van der Waals surface area (Å²) in [7, 11) is 1.60. The number of ether oxygens (including phenoxy) is 1. The fourth-order valence-corrected chi connectivity index (χ4v) is 1.81. The van der Waals surface area contributed by atoms with E-state index >= 15 is 0 Å². The third-order valence-corrected chi connectivity index (χ3v) is 2.79. The van der Waals surface area contributed by atoms with Crippen molar-refractivity contribution < 1.29 is 9.53 Å². The molecule has 0 bridgehead atoms. The Morgan fingerprint density at radius 2 is 2.05 bits per heavy atom. The van der Waals surface area contributed by atoms with E-state index in [4.69, 9.17) is 16.3 Å². The second-order valence-electron chi connectivity index (χ2n) is 3.84. The standard InChI is InChI=1S/C14H13ClN2O2/c1-19-12-7-3-2-5-10(12)9-16-14(18)11-6-4-8-13(15)17-11/h2-8H,9H2,1H3,(H,16,18). The molecule has 0 unspecified atom stereocenters. The van der Waals surface area contributed by atoms with E-state index in [1.54, 1.807) is 25.3 Å². The number of aromatic nitrogens is 1. The molecule has 1 aromatic heterocycles. The number of pyridine rings is 1. The average Bonchev–Trinajstić information content (AvgIpc) is 2.45. The van der Waals surface area contributed by atoms with Gasteiger partial charge in [0, 0.05) is 12.1 Å². The molecule has 5 heteroatoms. The van der Waals surface area contributed by atoms with Crippen LogP contribution in [0.1, 0.15) is 16.1 Å². The number of para-hydroxylation sites is 1. The Morgan fingerprint density at radius 1 is 1.26 bits per heavy atom. The van der Waals surface area contributed by atoms with Crippen molar-refractivity contribution in [3.8, 4) is 5.75 Å². The Kier molecular flexibility index (Phi) is 4.36. The second kappa shape index (κ2) is 6.20. The fourth-order valence-electron chi connectivity index (χ4n) is 1.65. The lowest BCUT2D eigenvalue weighted by Crippen LogP contribution is -2.24. The molecular formula is C14H13ClN2O2. The van der Waals surface area contributed by atoms with Gasteiger partial charge < -0.3 is 10.1 Å². The summed E-state index contributed by atoms with van der Waals surface area (Å²) in [5.74, 6) is 0.468. The first-order valence-electron chi connectivity index (χ1n) is 5.73. The lowest BCUT2D eigenvalue weighted by molar-refractivity contribution is 0.0945. The summed E-state index contributed by atoms with van der Waals surface area (Å²) in [5.41, 5.74) is 1.20. The van der Waals surface area contributed by atoms with Crippen molar-refractivity contribution in [1.29, 1.82) is 0 Å². The highest BCUT2D eigenvalue weighted by Gasteiger charge is 2.08. The maximum Gasteiger partial charge on any atom is 0.270 e. The predicted octanol–water partition coefficient (Wildman–Crippen LogP) is 2.67. The molecule has 98 valence electrons. The summed E-state index contributed by atoms with van der Waals surface area (Å²) in [6.07, 6.45) is 0. The Balaban J connectivity index is 2.04. The summed E-state index contributed by atoms with van der Waals surface area (Å²) < 4.78 is 5.21. The minimum absolute atomic E-state index is 0.270. The van der Waals surface area contributed by atoms with Crippen molar-refractivity contribution in [2.75, 3.05) is 7.11 Å². The molecule has 0 aliphatic rings. The van der Waals surface area contributed by atoms with Crippen LogP contribution in [0.15, 0.2) is 42.5 Å². The van der Waals surface area contributed by atoms with Crippen LogP contribution in [0, 0.1) is 0 Å². The highest BCUT2D eigenvalue weighted by atomic mass is 35.5. The maximum absolute atomic E-state index is 11.9. The zero-order valence-electron chi connectivity index (χ0n) is 10.4. The van der Waals surface area contributed by atoms with Gasteiger partial charge in [-0.2, -0.15) is 0 Å². The summed E-state index contributed by atoms with van der Waals surface area (Å²) in [6.45, 7) is 0.372. The van der Waals surface area contributed by atoms with Crippen LogP contribution in [0.5, 0.6) is 5.75 Å². The average molecular weight is 277 g/mol.